The summed E-state index contributed by atoms with van der Waals surface area (Å²) < 4.78 is 12.7. The number of rotatable bonds is 7. The average molecular weight is 429 g/mol. The van der Waals surface area contributed by atoms with E-state index in [1.807, 2.05) is 24.4 Å². The van der Waals surface area contributed by atoms with Crippen molar-refractivity contribution in [2.75, 3.05) is 27.3 Å². The summed E-state index contributed by atoms with van der Waals surface area (Å²) in [5.74, 6) is 3.78. The predicted molar refractivity (Wildman–Crippen MR) is 128 cm³/mol. The molecule has 0 fully saturated rings. The number of carbonyl (C=O) groups is 1. The highest BCUT2D eigenvalue weighted by Crippen LogP contribution is 2.38. The van der Waals surface area contributed by atoms with Crippen LogP contribution in [0.3, 0.4) is 0 Å². The molecule has 3 aromatic rings. The normalized spacial score (nSPS) is 14.1. The minimum atomic E-state index is -0.0241. The molecule has 5 heteroatoms. The first-order valence-corrected chi connectivity index (χ1v) is 10.8. The summed E-state index contributed by atoms with van der Waals surface area (Å²) in [6, 6.07) is 14.3. The number of fused-ring (bicyclic) bond motifs is 1. The summed E-state index contributed by atoms with van der Waals surface area (Å²) >= 11 is 0. The first kappa shape index (κ1) is 21.7. The van der Waals surface area contributed by atoms with Gasteiger partial charge in [-0.25, -0.2) is 0 Å². The molecule has 5 nitrogen and oxygen atoms in total. The fourth-order valence-corrected chi connectivity index (χ4v) is 4.29. The third-order valence-electron chi connectivity index (χ3n) is 5.89. The van der Waals surface area contributed by atoms with E-state index in [-0.39, 0.29) is 5.91 Å². The first-order valence-electron chi connectivity index (χ1n) is 10.8. The number of nitrogens with zero attached hydrogens (tertiary/aromatic N) is 2. The van der Waals surface area contributed by atoms with E-state index in [1.165, 1.54) is 11.1 Å². The van der Waals surface area contributed by atoms with Crippen LogP contribution in [-0.2, 0) is 6.54 Å². The standard InChI is InChI=1S/C27H28N2O3/c1-4-5-13-27(30)29-19-23(22-15-25(31-2)26(32-3)16-24(22)29)21-12-9-14-28(18-21)17-20-10-7-6-8-11-20/h1,6-8,10-12,15-16,19H,5,9,13-14,17-18H2,2-3H3. The minimum absolute atomic E-state index is 0.0241. The number of methoxy groups -OCH3 is 2. The molecular weight excluding hydrogens is 400 g/mol. The lowest BCUT2D eigenvalue weighted by Gasteiger charge is -2.27. The summed E-state index contributed by atoms with van der Waals surface area (Å²) in [6.07, 6.45) is 11.3. The highest BCUT2D eigenvalue weighted by Gasteiger charge is 2.22. The maximum Gasteiger partial charge on any atom is 0.232 e. The van der Waals surface area contributed by atoms with Crippen LogP contribution in [0.2, 0.25) is 0 Å². The summed E-state index contributed by atoms with van der Waals surface area (Å²) in [6.45, 7) is 2.73. The second kappa shape index (κ2) is 9.76. The SMILES string of the molecule is C#CCCC(=O)n1cc(C2=CCCN(Cc3ccccc3)C2)c2cc(OC)c(OC)cc21. The molecule has 2 heterocycles. The molecule has 0 saturated carbocycles. The molecule has 0 N–H and O–H groups in total. The zero-order valence-electron chi connectivity index (χ0n) is 18.6. The molecule has 4 rings (SSSR count). The van der Waals surface area contributed by atoms with E-state index in [0.29, 0.717) is 24.3 Å². The van der Waals surface area contributed by atoms with E-state index in [1.54, 1.807) is 18.8 Å². The van der Waals surface area contributed by atoms with E-state index < -0.39 is 0 Å². The predicted octanol–water partition coefficient (Wildman–Crippen LogP) is 5.00. The van der Waals surface area contributed by atoms with Crippen LogP contribution in [0.4, 0.5) is 0 Å². The summed E-state index contributed by atoms with van der Waals surface area (Å²) in [4.78, 5) is 15.4. The lowest BCUT2D eigenvalue weighted by molar-refractivity contribution is 0.0910. The van der Waals surface area contributed by atoms with Gasteiger partial charge in [-0.05, 0) is 23.6 Å². The molecule has 0 aliphatic carbocycles. The summed E-state index contributed by atoms with van der Waals surface area (Å²) in [5, 5.41) is 0.976. The third-order valence-corrected chi connectivity index (χ3v) is 5.89. The molecule has 0 spiro atoms. The van der Waals surface area contributed by atoms with E-state index in [9.17, 15) is 4.79 Å². The van der Waals surface area contributed by atoms with Gasteiger partial charge in [0.15, 0.2) is 11.5 Å². The number of hydrogen-bond acceptors (Lipinski definition) is 4. The van der Waals surface area contributed by atoms with Crippen molar-refractivity contribution in [3.05, 3.63) is 65.9 Å². The van der Waals surface area contributed by atoms with Crippen molar-refractivity contribution in [2.24, 2.45) is 0 Å². The quantitative estimate of drug-likeness (QED) is 0.497. The van der Waals surface area contributed by atoms with Crippen molar-refractivity contribution >= 4 is 22.4 Å². The highest BCUT2D eigenvalue weighted by atomic mass is 16.5. The van der Waals surface area contributed by atoms with Crippen molar-refractivity contribution < 1.29 is 14.3 Å². The van der Waals surface area contributed by atoms with Crippen LogP contribution in [0.5, 0.6) is 11.5 Å². The minimum Gasteiger partial charge on any atom is -0.493 e. The van der Waals surface area contributed by atoms with Crippen molar-refractivity contribution in [3.8, 4) is 23.8 Å². The van der Waals surface area contributed by atoms with E-state index in [4.69, 9.17) is 15.9 Å². The molecule has 2 aromatic carbocycles. The Bertz CT molecular complexity index is 1190. The van der Waals surface area contributed by atoms with Crippen molar-refractivity contribution in [3.63, 3.8) is 0 Å². The van der Waals surface area contributed by atoms with Crippen LogP contribution in [-0.4, -0.2) is 42.7 Å². The molecule has 0 saturated heterocycles. The van der Waals surface area contributed by atoms with Crippen molar-refractivity contribution in [1.29, 1.82) is 0 Å². The van der Waals surface area contributed by atoms with Crippen LogP contribution in [0, 0.1) is 12.3 Å². The lowest BCUT2D eigenvalue weighted by atomic mass is 9.99. The number of hydrogen-bond donors (Lipinski definition) is 0. The Balaban J connectivity index is 1.73. The van der Waals surface area contributed by atoms with Gasteiger partial charge in [-0.3, -0.25) is 14.3 Å². The fourth-order valence-electron chi connectivity index (χ4n) is 4.29. The smallest absolute Gasteiger partial charge is 0.232 e. The first-order chi connectivity index (χ1) is 15.6. The highest BCUT2D eigenvalue weighted by molar-refractivity contribution is 6.01. The monoisotopic (exact) mass is 428 g/mol. The Morgan fingerprint density at radius 3 is 2.59 bits per heavy atom. The summed E-state index contributed by atoms with van der Waals surface area (Å²) in [5.41, 5.74) is 4.37. The van der Waals surface area contributed by atoms with Gasteiger partial charge in [-0.2, -0.15) is 0 Å². The van der Waals surface area contributed by atoms with Crippen LogP contribution < -0.4 is 9.47 Å². The lowest BCUT2D eigenvalue weighted by Crippen LogP contribution is -2.29. The number of aromatic nitrogens is 1. The Labute approximate surface area is 189 Å². The molecule has 1 aliphatic rings. The summed E-state index contributed by atoms with van der Waals surface area (Å²) in [7, 11) is 3.23. The van der Waals surface area contributed by atoms with Gasteiger partial charge in [-0.15, -0.1) is 12.3 Å². The number of carbonyl (C=O) groups excluding carboxylic acids is 1. The molecular formula is C27H28N2O3. The number of terminal acetylenes is 1. The van der Waals surface area contributed by atoms with Crippen LogP contribution >= 0.6 is 0 Å². The largest absolute Gasteiger partial charge is 0.493 e. The second-order valence-electron chi connectivity index (χ2n) is 7.95. The van der Waals surface area contributed by atoms with Crippen LogP contribution in [0.1, 0.15) is 35.2 Å². The Kier molecular flexibility index (Phi) is 6.63. The van der Waals surface area contributed by atoms with Gasteiger partial charge in [0.25, 0.3) is 0 Å². The Morgan fingerprint density at radius 1 is 1.12 bits per heavy atom. The molecule has 0 amide bonds. The maximum atomic E-state index is 12.9. The molecule has 1 aromatic heterocycles. The van der Waals surface area contributed by atoms with E-state index in [2.05, 4.69) is 41.2 Å². The van der Waals surface area contributed by atoms with E-state index >= 15 is 0 Å². The fraction of sp³-hybridized carbons (Fsp3) is 0.296. The molecule has 32 heavy (non-hydrogen) atoms. The number of benzene rings is 2. The number of ether oxygens (including phenoxy) is 2. The zero-order chi connectivity index (χ0) is 22.5. The molecule has 164 valence electrons. The van der Waals surface area contributed by atoms with Gasteiger partial charge in [0.2, 0.25) is 5.91 Å². The molecule has 0 bridgehead atoms. The Morgan fingerprint density at radius 2 is 1.88 bits per heavy atom. The van der Waals surface area contributed by atoms with Gasteiger partial charge in [0, 0.05) is 55.7 Å². The van der Waals surface area contributed by atoms with Crippen molar-refractivity contribution in [2.45, 2.75) is 25.8 Å². The second-order valence-corrected chi connectivity index (χ2v) is 7.95. The van der Waals surface area contributed by atoms with Crippen LogP contribution in [0.15, 0.2) is 54.7 Å². The molecule has 1 aliphatic heterocycles. The van der Waals surface area contributed by atoms with Gasteiger partial charge in [0.05, 0.1) is 19.7 Å². The molecule has 0 unspecified atom stereocenters. The van der Waals surface area contributed by atoms with Gasteiger partial charge in [0.1, 0.15) is 0 Å². The van der Waals surface area contributed by atoms with Crippen LogP contribution in [0.25, 0.3) is 16.5 Å². The van der Waals surface area contributed by atoms with E-state index in [0.717, 1.165) is 42.5 Å². The molecule has 0 atom stereocenters. The van der Waals surface area contributed by atoms with Gasteiger partial charge >= 0.3 is 0 Å². The van der Waals surface area contributed by atoms with Gasteiger partial charge < -0.3 is 9.47 Å². The topological polar surface area (TPSA) is 43.7 Å². The molecule has 0 radical (unpaired) electrons. The van der Waals surface area contributed by atoms with Crippen molar-refractivity contribution in [1.82, 2.24) is 9.47 Å². The Hall–Kier alpha value is -3.49. The maximum absolute atomic E-state index is 12.9. The average Bonchev–Trinajstić information content (AvgIpc) is 3.21. The third kappa shape index (κ3) is 4.42. The zero-order valence-corrected chi connectivity index (χ0v) is 18.6. The van der Waals surface area contributed by atoms with Gasteiger partial charge in [-0.1, -0.05) is 36.4 Å².